The predicted molar refractivity (Wildman–Crippen MR) is 75.3 cm³/mol. The van der Waals surface area contributed by atoms with Gasteiger partial charge in [0.25, 0.3) is 0 Å². The van der Waals surface area contributed by atoms with Gasteiger partial charge in [-0.15, -0.1) is 6.58 Å². The van der Waals surface area contributed by atoms with Gasteiger partial charge in [0.05, 0.1) is 6.61 Å². The van der Waals surface area contributed by atoms with Crippen LogP contribution in [-0.2, 0) is 14.4 Å². The maximum atomic E-state index is 13.0. The molecule has 22 heavy (non-hydrogen) atoms. The number of halogens is 3. The third kappa shape index (κ3) is 5.40. The Hall–Kier alpha value is -2.03. The van der Waals surface area contributed by atoms with Crippen LogP contribution in [0.4, 0.5) is 13.2 Å². The molecule has 122 valence electrons. The molecule has 0 spiro atoms. The Kier molecular flexibility index (Phi) is 5.98. The lowest BCUT2D eigenvalue weighted by Gasteiger charge is -2.11. The molecule has 0 aromatic heterocycles. The highest BCUT2D eigenvalue weighted by Gasteiger charge is 2.38. The van der Waals surface area contributed by atoms with Gasteiger partial charge in [-0.3, -0.25) is 4.28 Å². The number of ether oxygens (including phenoxy) is 1. The van der Waals surface area contributed by atoms with Crippen molar-refractivity contribution < 1.29 is 30.6 Å². The minimum atomic E-state index is -4.88. The fraction of sp³-hybridized carbons (Fsp3) is 0.308. The first-order chi connectivity index (χ1) is 10.2. The number of hydrogen-bond donors (Lipinski definition) is 0. The molecule has 0 saturated heterocycles. The zero-order valence-electron chi connectivity index (χ0n) is 11.6. The second-order valence-electron chi connectivity index (χ2n) is 3.98. The highest BCUT2D eigenvalue weighted by atomic mass is 32.2. The lowest BCUT2D eigenvalue weighted by molar-refractivity contribution is -0.0597. The van der Waals surface area contributed by atoms with E-state index in [0.29, 0.717) is 12.4 Å². The van der Waals surface area contributed by atoms with Crippen LogP contribution in [0.15, 0.2) is 42.1 Å². The van der Waals surface area contributed by atoms with Crippen molar-refractivity contribution in [1.82, 2.24) is 0 Å². The van der Waals surface area contributed by atoms with Gasteiger partial charge in [0.1, 0.15) is 11.5 Å². The van der Waals surface area contributed by atoms with Crippen LogP contribution in [0.3, 0.4) is 0 Å². The fourth-order valence-electron chi connectivity index (χ4n) is 1.41. The molecule has 0 aliphatic heterocycles. The van der Waals surface area contributed by atoms with E-state index in [1.54, 1.807) is 6.92 Å². The largest absolute Gasteiger partial charge is 0.494 e. The maximum absolute atomic E-state index is 13.0. The molecule has 1 rings (SSSR count). The molecule has 1 aromatic carbocycles. The highest BCUT2D eigenvalue weighted by Crippen LogP contribution is 2.24. The zero-order valence-corrected chi connectivity index (χ0v) is 12.4. The smallest absolute Gasteiger partial charge is 0.437 e. The topological polar surface area (TPSA) is 65.0 Å². The lowest BCUT2D eigenvalue weighted by Crippen LogP contribution is -2.25. The summed E-state index contributed by atoms with van der Waals surface area (Å²) in [5.41, 5.74) is -1.80. The Labute approximate surface area is 126 Å². The summed E-state index contributed by atoms with van der Waals surface area (Å²) in [6.45, 7) is 5.26. The number of oxime groups is 1. The Balaban J connectivity index is 3.11. The number of nitrogens with zero attached hydrogens (tertiary/aromatic N) is 1. The quantitative estimate of drug-likeness (QED) is 0.436. The van der Waals surface area contributed by atoms with Crippen molar-refractivity contribution in [3.63, 3.8) is 0 Å². The number of benzene rings is 1. The van der Waals surface area contributed by atoms with Gasteiger partial charge in [0, 0.05) is 5.56 Å². The van der Waals surface area contributed by atoms with Crippen molar-refractivity contribution in [1.29, 1.82) is 0 Å². The van der Waals surface area contributed by atoms with E-state index in [1.165, 1.54) is 12.1 Å². The molecule has 1 aromatic rings. The van der Waals surface area contributed by atoms with E-state index in [1.807, 2.05) is 0 Å². The summed E-state index contributed by atoms with van der Waals surface area (Å²) < 4.78 is 70.5. The van der Waals surface area contributed by atoms with E-state index < -0.39 is 27.8 Å². The van der Waals surface area contributed by atoms with Crippen LogP contribution in [0, 0.1) is 0 Å². The van der Waals surface area contributed by atoms with E-state index in [9.17, 15) is 21.6 Å². The fourth-order valence-corrected chi connectivity index (χ4v) is 1.95. The van der Waals surface area contributed by atoms with E-state index in [2.05, 4.69) is 16.0 Å². The van der Waals surface area contributed by atoms with Gasteiger partial charge in [-0.25, -0.2) is 0 Å². The second-order valence-corrected chi connectivity index (χ2v) is 5.58. The summed E-state index contributed by atoms with van der Waals surface area (Å²) >= 11 is 0. The van der Waals surface area contributed by atoms with Crippen LogP contribution in [0.5, 0.6) is 5.75 Å². The van der Waals surface area contributed by atoms with E-state index in [0.717, 1.165) is 18.2 Å². The van der Waals surface area contributed by atoms with Crippen molar-refractivity contribution in [2.45, 2.75) is 13.1 Å². The summed E-state index contributed by atoms with van der Waals surface area (Å²) in [7, 11) is -4.24. The maximum Gasteiger partial charge on any atom is 0.437 e. The molecule has 0 aliphatic carbocycles. The summed E-state index contributed by atoms with van der Waals surface area (Å²) in [5.74, 6) is -0.266. The number of alkyl halides is 3. The second kappa shape index (κ2) is 7.30. The van der Waals surface area contributed by atoms with Gasteiger partial charge in [-0.05, 0) is 31.2 Å². The molecular formula is C13H14F3NO4S. The first-order valence-electron chi connectivity index (χ1n) is 6.10. The molecule has 5 nitrogen and oxygen atoms in total. The highest BCUT2D eigenvalue weighted by molar-refractivity contribution is 7.86. The summed E-state index contributed by atoms with van der Waals surface area (Å²) in [6.07, 6.45) is -3.90. The summed E-state index contributed by atoms with van der Waals surface area (Å²) in [4.78, 5) is 0. The SMILES string of the molecule is C=CCS(=O)(=O)ON=C(c1ccc(OCC)cc1)C(F)(F)F. The Bertz CT molecular complexity index is 636. The molecule has 9 heteroatoms. The van der Waals surface area contributed by atoms with Gasteiger partial charge in [0.2, 0.25) is 0 Å². The Morgan fingerprint density at radius 1 is 1.32 bits per heavy atom. The molecule has 0 amide bonds. The molecule has 0 radical (unpaired) electrons. The van der Waals surface area contributed by atoms with Crippen LogP contribution in [0.2, 0.25) is 0 Å². The number of hydrogen-bond acceptors (Lipinski definition) is 5. The van der Waals surface area contributed by atoms with Gasteiger partial charge < -0.3 is 4.74 Å². The Morgan fingerprint density at radius 3 is 2.36 bits per heavy atom. The predicted octanol–water partition coefficient (Wildman–Crippen LogP) is 2.88. The van der Waals surface area contributed by atoms with E-state index in [4.69, 9.17) is 4.74 Å². The molecule has 0 heterocycles. The van der Waals surface area contributed by atoms with Gasteiger partial charge in [-0.2, -0.15) is 21.6 Å². The molecule has 0 bridgehead atoms. The van der Waals surface area contributed by atoms with Crippen molar-refractivity contribution in [2.75, 3.05) is 12.4 Å². The van der Waals surface area contributed by atoms with Crippen molar-refractivity contribution >= 4 is 15.8 Å². The lowest BCUT2D eigenvalue weighted by atomic mass is 10.1. The third-order valence-electron chi connectivity index (χ3n) is 2.27. The minimum absolute atomic E-state index is 0.343. The standard InChI is InChI=1S/C13H14F3NO4S/c1-3-9-22(18,19)21-17-12(13(14,15)16)10-5-7-11(8-6-10)20-4-2/h3,5-8H,1,4,9H2,2H3. The molecule has 0 aliphatic rings. The Morgan fingerprint density at radius 2 is 1.91 bits per heavy atom. The molecule has 0 saturated carbocycles. The summed E-state index contributed by atoms with van der Waals surface area (Å²) in [5, 5.41) is 2.75. The average Bonchev–Trinajstić information content (AvgIpc) is 2.39. The first-order valence-corrected chi connectivity index (χ1v) is 7.68. The molecular weight excluding hydrogens is 323 g/mol. The number of rotatable bonds is 7. The van der Waals surface area contributed by atoms with E-state index >= 15 is 0 Å². The van der Waals surface area contributed by atoms with Gasteiger partial charge >= 0.3 is 16.3 Å². The van der Waals surface area contributed by atoms with Crippen molar-refractivity contribution in [3.05, 3.63) is 42.5 Å². The molecule has 0 fully saturated rings. The molecule has 0 unspecified atom stereocenters. The monoisotopic (exact) mass is 337 g/mol. The van der Waals surface area contributed by atoms with Gasteiger partial charge in [-0.1, -0.05) is 11.2 Å². The van der Waals surface area contributed by atoms with Crippen LogP contribution < -0.4 is 4.74 Å². The van der Waals surface area contributed by atoms with Crippen LogP contribution in [-0.4, -0.2) is 32.7 Å². The average molecular weight is 337 g/mol. The van der Waals surface area contributed by atoms with Crippen LogP contribution in [0.1, 0.15) is 12.5 Å². The molecule has 0 atom stereocenters. The first kappa shape index (κ1) is 18.0. The van der Waals surface area contributed by atoms with Crippen molar-refractivity contribution in [2.24, 2.45) is 5.16 Å². The van der Waals surface area contributed by atoms with E-state index in [-0.39, 0.29) is 5.56 Å². The normalized spacial score (nSPS) is 12.8. The minimum Gasteiger partial charge on any atom is -0.494 e. The van der Waals surface area contributed by atoms with Crippen LogP contribution in [0.25, 0.3) is 0 Å². The molecule has 0 N–H and O–H groups in total. The zero-order chi connectivity index (χ0) is 16.8. The third-order valence-corrected chi connectivity index (χ3v) is 3.22. The van der Waals surface area contributed by atoms with Gasteiger partial charge in [0.15, 0.2) is 5.71 Å². The van der Waals surface area contributed by atoms with Crippen molar-refractivity contribution in [3.8, 4) is 5.75 Å². The summed E-state index contributed by atoms with van der Waals surface area (Å²) in [6, 6.07) is 4.86. The van der Waals surface area contributed by atoms with Crippen LogP contribution >= 0.6 is 0 Å².